The van der Waals surface area contributed by atoms with Crippen LogP contribution in [0.1, 0.15) is 28.6 Å². The number of likely N-dealkylation sites (N-methyl/N-ethyl adjacent to an activating group) is 1. The smallest absolute Gasteiger partial charge is 0.338 e. The molecule has 3 heterocycles. The Morgan fingerprint density at radius 1 is 1.16 bits per heavy atom. The van der Waals surface area contributed by atoms with Gasteiger partial charge in [-0.1, -0.05) is 12.1 Å². The highest BCUT2D eigenvalue weighted by Crippen LogP contribution is 2.27. The molecule has 0 bridgehead atoms. The molecule has 0 aliphatic carbocycles. The number of nitrogens with one attached hydrogen (secondary N) is 1. The first-order valence-corrected chi connectivity index (χ1v) is 9.56. The number of para-hydroxylation sites is 1. The van der Waals surface area contributed by atoms with E-state index in [0.29, 0.717) is 33.7 Å². The van der Waals surface area contributed by atoms with Crippen LogP contribution in [0.15, 0.2) is 29.1 Å². The zero-order valence-corrected chi connectivity index (χ0v) is 17.4. The van der Waals surface area contributed by atoms with E-state index in [-0.39, 0.29) is 30.2 Å². The quantitative estimate of drug-likeness (QED) is 0.516. The molecule has 166 valence electrons. The third-order valence-corrected chi connectivity index (χ3v) is 5.11. The summed E-state index contributed by atoms with van der Waals surface area (Å²) in [6.45, 7) is 3.20. The van der Waals surface area contributed by atoms with Crippen LogP contribution in [0.4, 0.5) is 13.2 Å². The summed E-state index contributed by atoms with van der Waals surface area (Å²) in [6, 6.07) is 6.85. The number of aromatic amines is 1. The summed E-state index contributed by atoms with van der Waals surface area (Å²) in [5.41, 5.74) is 1.39. The second-order valence-electron chi connectivity index (χ2n) is 7.36. The first kappa shape index (κ1) is 21.4. The molecular formula is C20H18F3N7O2. The highest BCUT2D eigenvalue weighted by molar-refractivity contribution is 5.79. The lowest BCUT2D eigenvalue weighted by molar-refractivity contribution is -0.144. The number of hydrogen-bond acceptors (Lipinski definition) is 6. The standard InChI is InChI=1S/C20H18F3N7O2/c1-10-13(11(2)30-19(24-10)27-18(28-30)20(21,22)23)8-16(31)29(3)9-15-25-14-7-5-4-6-12(14)17(32)26-15/h4-7H,8-9H2,1-3H3,(H,25,26,32). The van der Waals surface area contributed by atoms with Crippen LogP contribution in [0.25, 0.3) is 16.7 Å². The largest absolute Gasteiger partial charge is 0.453 e. The fourth-order valence-electron chi connectivity index (χ4n) is 3.39. The molecule has 12 heteroatoms. The van der Waals surface area contributed by atoms with Crippen molar-refractivity contribution in [1.82, 2.24) is 34.4 Å². The summed E-state index contributed by atoms with van der Waals surface area (Å²) in [5, 5.41) is 3.93. The van der Waals surface area contributed by atoms with Gasteiger partial charge in [0.15, 0.2) is 0 Å². The van der Waals surface area contributed by atoms with Gasteiger partial charge in [-0.15, -0.1) is 5.10 Å². The molecule has 32 heavy (non-hydrogen) atoms. The molecule has 0 spiro atoms. The van der Waals surface area contributed by atoms with E-state index in [0.717, 1.165) is 4.52 Å². The van der Waals surface area contributed by atoms with Gasteiger partial charge < -0.3 is 9.88 Å². The van der Waals surface area contributed by atoms with E-state index in [1.54, 1.807) is 45.2 Å². The number of halogens is 3. The van der Waals surface area contributed by atoms with Crippen molar-refractivity contribution in [1.29, 1.82) is 0 Å². The summed E-state index contributed by atoms with van der Waals surface area (Å²) >= 11 is 0. The van der Waals surface area contributed by atoms with Crippen LogP contribution >= 0.6 is 0 Å². The van der Waals surface area contributed by atoms with E-state index in [1.807, 2.05) is 0 Å². The molecule has 0 radical (unpaired) electrons. The predicted octanol–water partition coefficient (Wildman–Crippen LogP) is 2.20. The molecule has 4 rings (SSSR count). The second-order valence-corrected chi connectivity index (χ2v) is 7.36. The second kappa shape index (κ2) is 7.70. The summed E-state index contributed by atoms with van der Waals surface area (Å²) in [7, 11) is 1.55. The lowest BCUT2D eigenvalue weighted by atomic mass is 10.1. The van der Waals surface area contributed by atoms with E-state index >= 15 is 0 Å². The molecule has 0 aliphatic rings. The van der Waals surface area contributed by atoms with Crippen molar-refractivity contribution in [3.63, 3.8) is 0 Å². The van der Waals surface area contributed by atoms with Gasteiger partial charge in [-0.2, -0.15) is 18.2 Å². The fraction of sp³-hybridized carbons (Fsp3) is 0.300. The number of carbonyl (C=O) groups is 1. The Bertz CT molecular complexity index is 1410. The van der Waals surface area contributed by atoms with Crippen molar-refractivity contribution in [3.8, 4) is 0 Å². The average molecular weight is 445 g/mol. The van der Waals surface area contributed by atoms with Gasteiger partial charge in [0, 0.05) is 24.0 Å². The summed E-state index contributed by atoms with van der Waals surface area (Å²) in [6.07, 6.45) is -4.82. The molecule has 0 fully saturated rings. The molecule has 1 amide bonds. The van der Waals surface area contributed by atoms with Gasteiger partial charge in [0.05, 0.1) is 23.9 Å². The van der Waals surface area contributed by atoms with Crippen molar-refractivity contribution in [2.24, 2.45) is 0 Å². The molecule has 3 aromatic heterocycles. The first-order chi connectivity index (χ1) is 15.0. The number of nitrogens with zero attached hydrogens (tertiary/aromatic N) is 6. The molecule has 1 aromatic carbocycles. The van der Waals surface area contributed by atoms with Gasteiger partial charge in [0.25, 0.3) is 17.2 Å². The number of fused-ring (bicyclic) bond motifs is 2. The van der Waals surface area contributed by atoms with Crippen LogP contribution in [0, 0.1) is 13.8 Å². The van der Waals surface area contributed by atoms with E-state index < -0.39 is 12.0 Å². The van der Waals surface area contributed by atoms with E-state index in [4.69, 9.17) is 0 Å². The highest BCUT2D eigenvalue weighted by atomic mass is 19.4. The molecule has 0 saturated heterocycles. The Kier molecular flexibility index (Phi) is 5.15. The number of aromatic nitrogens is 6. The number of carbonyl (C=O) groups excluding carboxylic acids is 1. The SMILES string of the molecule is Cc1nc2nc(C(F)(F)F)nn2c(C)c1CC(=O)N(C)Cc1nc2ccccc2c(=O)[nH]1. The first-order valence-electron chi connectivity index (χ1n) is 9.56. The number of H-pyrrole nitrogens is 1. The molecule has 4 aromatic rings. The zero-order chi connectivity index (χ0) is 23.2. The monoisotopic (exact) mass is 445 g/mol. The summed E-state index contributed by atoms with van der Waals surface area (Å²) in [4.78, 5) is 41.0. The van der Waals surface area contributed by atoms with Crippen molar-refractivity contribution < 1.29 is 18.0 Å². The third kappa shape index (κ3) is 3.90. The van der Waals surface area contributed by atoms with Crippen LogP contribution < -0.4 is 5.56 Å². The van der Waals surface area contributed by atoms with Crippen LogP contribution in [0.3, 0.4) is 0 Å². The zero-order valence-electron chi connectivity index (χ0n) is 17.4. The third-order valence-electron chi connectivity index (χ3n) is 5.11. The normalized spacial score (nSPS) is 11.9. The summed E-state index contributed by atoms with van der Waals surface area (Å²) in [5.74, 6) is -1.49. The minimum Gasteiger partial charge on any atom is -0.338 e. The Morgan fingerprint density at radius 2 is 1.88 bits per heavy atom. The van der Waals surface area contributed by atoms with Crippen molar-refractivity contribution in [2.75, 3.05) is 7.05 Å². The Labute approximate surface area is 178 Å². The van der Waals surface area contributed by atoms with Gasteiger partial charge in [0.2, 0.25) is 5.91 Å². The number of alkyl halides is 3. The van der Waals surface area contributed by atoms with Gasteiger partial charge in [-0.3, -0.25) is 9.59 Å². The van der Waals surface area contributed by atoms with Gasteiger partial charge >= 0.3 is 6.18 Å². The van der Waals surface area contributed by atoms with Gasteiger partial charge in [-0.05, 0) is 26.0 Å². The van der Waals surface area contributed by atoms with Crippen LogP contribution in [0.5, 0.6) is 0 Å². The number of hydrogen-bond donors (Lipinski definition) is 1. The fourth-order valence-corrected chi connectivity index (χ4v) is 3.39. The number of rotatable bonds is 4. The predicted molar refractivity (Wildman–Crippen MR) is 108 cm³/mol. The van der Waals surface area contributed by atoms with Crippen LogP contribution in [-0.2, 0) is 23.9 Å². The molecular weight excluding hydrogens is 427 g/mol. The Balaban J connectivity index is 1.59. The molecule has 1 N–H and O–H groups in total. The number of amides is 1. The highest BCUT2D eigenvalue weighted by Gasteiger charge is 2.37. The summed E-state index contributed by atoms with van der Waals surface area (Å²) < 4.78 is 39.8. The van der Waals surface area contributed by atoms with Gasteiger partial charge in [0.1, 0.15) is 5.82 Å². The molecule has 9 nitrogen and oxygen atoms in total. The van der Waals surface area contributed by atoms with E-state index in [1.165, 1.54) is 4.90 Å². The minimum atomic E-state index is -4.70. The van der Waals surface area contributed by atoms with Crippen LogP contribution in [-0.4, -0.2) is 47.4 Å². The Hall–Kier alpha value is -3.83. The molecule has 0 unspecified atom stereocenters. The van der Waals surface area contributed by atoms with Crippen LogP contribution in [0.2, 0.25) is 0 Å². The van der Waals surface area contributed by atoms with Crippen molar-refractivity contribution >= 4 is 22.6 Å². The number of benzene rings is 1. The topological polar surface area (TPSA) is 109 Å². The minimum absolute atomic E-state index is 0.0498. The van der Waals surface area contributed by atoms with E-state index in [9.17, 15) is 22.8 Å². The molecule has 0 atom stereocenters. The Morgan fingerprint density at radius 3 is 2.59 bits per heavy atom. The van der Waals surface area contributed by atoms with Crippen molar-refractivity contribution in [2.45, 2.75) is 33.0 Å². The molecule has 0 saturated carbocycles. The maximum atomic E-state index is 12.9. The maximum Gasteiger partial charge on any atom is 0.453 e. The lowest BCUT2D eigenvalue weighted by Gasteiger charge is -2.18. The number of aryl methyl sites for hydroxylation is 2. The van der Waals surface area contributed by atoms with Crippen molar-refractivity contribution in [3.05, 3.63) is 63.2 Å². The molecule has 0 aliphatic heterocycles. The van der Waals surface area contributed by atoms with E-state index in [2.05, 4.69) is 25.0 Å². The average Bonchev–Trinajstić information content (AvgIpc) is 3.15. The maximum absolute atomic E-state index is 12.9. The van der Waals surface area contributed by atoms with Gasteiger partial charge in [-0.25, -0.2) is 14.5 Å². The lowest BCUT2D eigenvalue weighted by Crippen LogP contribution is -2.30.